The number of carbonyl (C=O) groups is 1. The lowest BCUT2D eigenvalue weighted by Crippen LogP contribution is -2.31. The Morgan fingerprint density at radius 1 is 1.67 bits per heavy atom. The third-order valence-electron chi connectivity index (χ3n) is 3.23. The molecule has 0 radical (unpaired) electrons. The summed E-state index contributed by atoms with van der Waals surface area (Å²) in [6, 6.07) is 0.198. The summed E-state index contributed by atoms with van der Waals surface area (Å²) in [5, 5.41) is 22.6. The predicted molar refractivity (Wildman–Crippen MR) is 86.1 cm³/mol. The van der Waals surface area contributed by atoms with Crippen LogP contribution in [0.5, 0.6) is 0 Å². The minimum absolute atomic E-state index is 0.0542. The van der Waals surface area contributed by atoms with E-state index in [9.17, 15) is 14.9 Å². The SMILES string of the molecule is CSCCN1C(=C(CSC(C)C(=O)O)[N+](=O)[O-])NCC1C. The second-order valence-electron chi connectivity index (χ2n) is 4.76. The van der Waals surface area contributed by atoms with Gasteiger partial charge in [0.1, 0.15) is 0 Å². The second kappa shape index (κ2) is 8.38. The van der Waals surface area contributed by atoms with Crippen LogP contribution in [0.1, 0.15) is 13.8 Å². The molecule has 120 valence electrons. The Labute approximate surface area is 132 Å². The van der Waals surface area contributed by atoms with E-state index >= 15 is 0 Å². The summed E-state index contributed by atoms with van der Waals surface area (Å²) < 4.78 is 0. The van der Waals surface area contributed by atoms with Gasteiger partial charge >= 0.3 is 5.97 Å². The van der Waals surface area contributed by atoms with Crippen LogP contribution in [0, 0.1) is 10.1 Å². The monoisotopic (exact) mass is 335 g/mol. The van der Waals surface area contributed by atoms with Crippen LogP contribution in [-0.4, -0.2) is 63.0 Å². The molecule has 1 rings (SSSR count). The van der Waals surface area contributed by atoms with Gasteiger partial charge in [-0.2, -0.15) is 11.8 Å². The molecule has 7 nitrogen and oxygen atoms in total. The lowest BCUT2D eigenvalue weighted by atomic mass is 10.3. The van der Waals surface area contributed by atoms with Gasteiger partial charge in [0.05, 0.1) is 15.9 Å². The van der Waals surface area contributed by atoms with Crippen molar-refractivity contribution in [3.05, 3.63) is 21.6 Å². The average Bonchev–Trinajstić information content (AvgIpc) is 2.77. The van der Waals surface area contributed by atoms with Crippen molar-refractivity contribution in [2.24, 2.45) is 0 Å². The quantitative estimate of drug-likeness (QED) is 0.506. The largest absolute Gasteiger partial charge is 0.480 e. The fourth-order valence-corrected chi connectivity index (χ4v) is 3.12. The van der Waals surface area contributed by atoms with E-state index in [4.69, 9.17) is 5.11 Å². The molecule has 1 saturated heterocycles. The summed E-state index contributed by atoms with van der Waals surface area (Å²) in [5.74, 6) is 0.538. The molecule has 1 aliphatic rings. The van der Waals surface area contributed by atoms with Crippen LogP contribution in [0.2, 0.25) is 0 Å². The molecule has 2 N–H and O–H groups in total. The summed E-state index contributed by atoms with van der Waals surface area (Å²) in [6.07, 6.45) is 2.00. The fraction of sp³-hybridized carbons (Fsp3) is 0.750. The van der Waals surface area contributed by atoms with Gasteiger partial charge in [0.25, 0.3) is 5.70 Å². The Morgan fingerprint density at radius 2 is 2.33 bits per heavy atom. The first-order chi connectivity index (χ1) is 9.88. The zero-order valence-corrected chi connectivity index (χ0v) is 14.0. The number of rotatable bonds is 8. The number of aliphatic carboxylic acids is 1. The van der Waals surface area contributed by atoms with E-state index in [0.717, 1.165) is 24.1 Å². The van der Waals surface area contributed by atoms with Gasteiger partial charge in [0.2, 0.25) is 0 Å². The molecule has 0 aromatic carbocycles. The molecule has 0 bridgehead atoms. The van der Waals surface area contributed by atoms with Crippen LogP contribution in [0.15, 0.2) is 11.5 Å². The summed E-state index contributed by atoms with van der Waals surface area (Å²) in [7, 11) is 0. The number of nitrogens with zero attached hydrogens (tertiary/aromatic N) is 2. The van der Waals surface area contributed by atoms with Gasteiger partial charge in [-0.3, -0.25) is 14.9 Å². The Bertz CT molecular complexity index is 431. The van der Waals surface area contributed by atoms with Gasteiger partial charge in [-0.15, -0.1) is 11.8 Å². The lowest BCUT2D eigenvalue weighted by molar-refractivity contribution is -0.425. The molecule has 1 aliphatic heterocycles. The summed E-state index contributed by atoms with van der Waals surface area (Å²) in [5.41, 5.74) is 0.0542. The average molecular weight is 335 g/mol. The highest BCUT2D eigenvalue weighted by atomic mass is 32.2. The van der Waals surface area contributed by atoms with E-state index < -0.39 is 16.1 Å². The molecule has 0 spiro atoms. The van der Waals surface area contributed by atoms with E-state index in [1.54, 1.807) is 11.8 Å². The first-order valence-corrected chi connectivity index (χ1v) is 9.04. The van der Waals surface area contributed by atoms with E-state index in [0.29, 0.717) is 12.4 Å². The third-order valence-corrected chi connectivity index (χ3v) is 4.96. The molecule has 0 amide bonds. The minimum Gasteiger partial charge on any atom is -0.480 e. The molecule has 21 heavy (non-hydrogen) atoms. The highest BCUT2D eigenvalue weighted by Gasteiger charge is 2.32. The fourth-order valence-electron chi connectivity index (χ4n) is 1.95. The van der Waals surface area contributed by atoms with Crippen molar-refractivity contribution in [1.29, 1.82) is 0 Å². The smallest absolute Gasteiger partial charge is 0.316 e. The Hall–Kier alpha value is -1.09. The first kappa shape index (κ1) is 18.0. The van der Waals surface area contributed by atoms with E-state index in [-0.39, 0.29) is 17.5 Å². The number of hydrogen-bond donors (Lipinski definition) is 2. The molecule has 0 aliphatic carbocycles. The molecule has 1 heterocycles. The van der Waals surface area contributed by atoms with Crippen molar-refractivity contribution in [2.45, 2.75) is 25.1 Å². The highest BCUT2D eigenvalue weighted by molar-refractivity contribution is 8.00. The number of nitrogens with one attached hydrogen (secondary N) is 1. The predicted octanol–water partition coefficient (Wildman–Crippen LogP) is 1.30. The van der Waals surface area contributed by atoms with Crippen molar-refractivity contribution in [3.8, 4) is 0 Å². The summed E-state index contributed by atoms with van der Waals surface area (Å²) in [4.78, 5) is 23.7. The maximum Gasteiger partial charge on any atom is 0.316 e. The topological polar surface area (TPSA) is 95.7 Å². The van der Waals surface area contributed by atoms with Gasteiger partial charge < -0.3 is 15.3 Å². The number of carboxylic acid groups (broad SMARTS) is 1. The van der Waals surface area contributed by atoms with Gasteiger partial charge in [-0.25, -0.2) is 0 Å². The van der Waals surface area contributed by atoms with E-state index in [1.165, 1.54) is 6.92 Å². The molecular weight excluding hydrogens is 314 g/mol. The lowest BCUT2D eigenvalue weighted by Gasteiger charge is -2.23. The standard InChI is InChI=1S/C12H21N3O4S2/c1-8-6-13-11(14(8)4-5-20-3)10(15(18)19)7-21-9(2)12(16)17/h8-9,13H,4-7H2,1-3H3,(H,16,17). The van der Waals surface area contributed by atoms with E-state index in [1.807, 2.05) is 18.1 Å². The Balaban J connectivity index is 2.89. The van der Waals surface area contributed by atoms with Crippen LogP contribution in [0.3, 0.4) is 0 Å². The molecule has 1 fully saturated rings. The molecule has 0 saturated carbocycles. The summed E-state index contributed by atoms with van der Waals surface area (Å²) in [6.45, 7) is 4.96. The maximum absolute atomic E-state index is 11.3. The maximum atomic E-state index is 11.3. The summed E-state index contributed by atoms with van der Waals surface area (Å²) >= 11 is 2.75. The molecule has 2 atom stereocenters. The normalized spacial score (nSPS) is 21.9. The van der Waals surface area contributed by atoms with Crippen molar-refractivity contribution in [2.75, 3.05) is 30.9 Å². The Kier molecular flexibility index (Phi) is 7.16. The van der Waals surface area contributed by atoms with Gasteiger partial charge in [0, 0.05) is 24.9 Å². The van der Waals surface area contributed by atoms with Gasteiger partial charge in [0.15, 0.2) is 5.82 Å². The van der Waals surface area contributed by atoms with Crippen LogP contribution < -0.4 is 5.32 Å². The van der Waals surface area contributed by atoms with Gasteiger partial charge in [-0.05, 0) is 20.1 Å². The molecular formula is C12H21N3O4S2. The molecule has 0 aromatic rings. The number of carboxylic acids is 1. The van der Waals surface area contributed by atoms with Crippen molar-refractivity contribution in [3.63, 3.8) is 0 Å². The highest BCUT2D eigenvalue weighted by Crippen LogP contribution is 2.23. The molecule has 0 aromatic heterocycles. The minimum atomic E-state index is -0.959. The third kappa shape index (κ3) is 4.99. The second-order valence-corrected chi connectivity index (χ2v) is 7.07. The van der Waals surface area contributed by atoms with Crippen LogP contribution in [0.25, 0.3) is 0 Å². The first-order valence-electron chi connectivity index (χ1n) is 6.59. The van der Waals surface area contributed by atoms with Crippen molar-refractivity contribution in [1.82, 2.24) is 10.2 Å². The molecule has 2 unspecified atom stereocenters. The number of hydrogen-bond acceptors (Lipinski definition) is 7. The van der Waals surface area contributed by atoms with Gasteiger partial charge in [-0.1, -0.05) is 0 Å². The zero-order chi connectivity index (χ0) is 16.0. The van der Waals surface area contributed by atoms with Crippen LogP contribution in [-0.2, 0) is 4.79 Å². The van der Waals surface area contributed by atoms with Crippen molar-refractivity contribution < 1.29 is 14.8 Å². The zero-order valence-electron chi connectivity index (χ0n) is 12.4. The molecule has 9 heteroatoms. The number of thioether (sulfide) groups is 2. The Morgan fingerprint density at radius 3 is 2.86 bits per heavy atom. The van der Waals surface area contributed by atoms with Crippen molar-refractivity contribution >= 4 is 29.5 Å². The van der Waals surface area contributed by atoms with Crippen LogP contribution >= 0.6 is 23.5 Å². The van der Waals surface area contributed by atoms with Crippen LogP contribution in [0.4, 0.5) is 0 Å². The number of nitro groups is 1. The van der Waals surface area contributed by atoms with E-state index in [2.05, 4.69) is 5.32 Å².